The Labute approximate surface area is 208 Å². The lowest BCUT2D eigenvalue weighted by Gasteiger charge is -2.41. The molecule has 5 rings (SSSR count). The Bertz CT molecular complexity index is 990. The number of piperidine rings is 1. The smallest absolute Gasteiger partial charge is 0.230 e. The summed E-state index contributed by atoms with van der Waals surface area (Å²) < 4.78 is 0. The molecule has 2 amide bonds. The second kappa shape index (κ2) is 10.2. The van der Waals surface area contributed by atoms with Gasteiger partial charge in [-0.1, -0.05) is 19.3 Å². The number of benzene rings is 1. The Kier molecular flexibility index (Phi) is 7.02. The Morgan fingerprint density at radius 1 is 1.03 bits per heavy atom. The molecule has 0 bridgehead atoms. The molecule has 2 heterocycles. The molecular formula is C28H38N4O3. The fourth-order valence-corrected chi connectivity index (χ4v) is 6.87. The van der Waals surface area contributed by atoms with Crippen LogP contribution < -0.4 is 10.2 Å². The largest absolute Gasteiger partial charge is 0.393 e. The SMILES string of the molecule is N#Cc1cc(NC(=O)C2CCCCC2)ccc1N1CCC[C@@]2(CCN([C@H]3CC[C@H](O)CC3)C2=O)C1. The number of amides is 2. The summed E-state index contributed by atoms with van der Waals surface area (Å²) in [5.41, 5.74) is 1.70. The summed E-state index contributed by atoms with van der Waals surface area (Å²) in [6.45, 7) is 2.26. The number of carbonyl (C=O) groups is 2. The molecule has 7 nitrogen and oxygen atoms in total. The first-order chi connectivity index (χ1) is 17.0. The monoisotopic (exact) mass is 478 g/mol. The van der Waals surface area contributed by atoms with Crippen molar-refractivity contribution in [2.24, 2.45) is 11.3 Å². The van der Waals surface area contributed by atoms with Gasteiger partial charge in [0.15, 0.2) is 0 Å². The van der Waals surface area contributed by atoms with Gasteiger partial charge in [-0.2, -0.15) is 5.26 Å². The molecule has 1 aromatic carbocycles. The van der Waals surface area contributed by atoms with Gasteiger partial charge in [-0.15, -0.1) is 0 Å². The van der Waals surface area contributed by atoms with E-state index in [1.807, 2.05) is 12.1 Å². The maximum Gasteiger partial charge on any atom is 0.230 e. The van der Waals surface area contributed by atoms with Crippen LogP contribution in [0.15, 0.2) is 18.2 Å². The number of nitrogens with one attached hydrogen (secondary N) is 1. The van der Waals surface area contributed by atoms with Crippen LogP contribution >= 0.6 is 0 Å². The molecule has 0 aromatic heterocycles. The first kappa shape index (κ1) is 24.1. The van der Waals surface area contributed by atoms with Gasteiger partial charge < -0.3 is 20.2 Å². The number of rotatable bonds is 4. The fraction of sp³-hybridized carbons (Fsp3) is 0.679. The lowest BCUT2D eigenvalue weighted by molar-refractivity contribution is -0.139. The van der Waals surface area contributed by atoms with E-state index in [1.165, 1.54) is 6.42 Å². The van der Waals surface area contributed by atoms with E-state index in [2.05, 4.69) is 21.2 Å². The summed E-state index contributed by atoms with van der Waals surface area (Å²) in [6.07, 6.45) is 11.1. The maximum atomic E-state index is 13.6. The fourth-order valence-electron chi connectivity index (χ4n) is 6.87. The van der Waals surface area contributed by atoms with Gasteiger partial charge in [-0.25, -0.2) is 0 Å². The van der Waals surface area contributed by atoms with Crippen molar-refractivity contribution in [2.45, 2.75) is 89.2 Å². The topological polar surface area (TPSA) is 96.7 Å². The lowest BCUT2D eigenvalue weighted by atomic mass is 9.78. The molecule has 2 saturated heterocycles. The molecule has 1 atom stereocenters. The first-order valence-corrected chi connectivity index (χ1v) is 13.6. The number of likely N-dealkylation sites (tertiary alicyclic amines) is 1. The van der Waals surface area contributed by atoms with Gasteiger partial charge >= 0.3 is 0 Å². The van der Waals surface area contributed by atoms with Gasteiger partial charge in [-0.05, 0) is 76.0 Å². The van der Waals surface area contributed by atoms with Crippen molar-refractivity contribution in [3.8, 4) is 6.07 Å². The van der Waals surface area contributed by atoms with E-state index < -0.39 is 0 Å². The number of carbonyl (C=O) groups excluding carboxylic acids is 2. The van der Waals surface area contributed by atoms with Crippen LogP contribution in [0, 0.1) is 22.7 Å². The predicted octanol–water partition coefficient (Wildman–Crippen LogP) is 4.20. The van der Waals surface area contributed by atoms with Crippen LogP contribution in [-0.4, -0.2) is 53.6 Å². The third-order valence-electron chi connectivity index (χ3n) is 8.93. The van der Waals surface area contributed by atoms with Crippen molar-refractivity contribution in [1.82, 2.24) is 4.90 Å². The standard InChI is InChI=1S/C28H38N4O3/c29-18-21-17-22(30-26(34)20-5-2-1-3-6-20)7-12-25(21)31-15-4-13-28(19-31)14-16-32(27(28)35)23-8-10-24(33)11-9-23/h7,12,17,20,23-24,33H,1-6,8-11,13-16,19H2,(H,30,34)/t23-,24-,28-/m1/s1. The number of aliphatic hydroxyl groups excluding tert-OH is 1. The molecule has 2 aliphatic heterocycles. The summed E-state index contributed by atoms with van der Waals surface area (Å²) in [5, 5.41) is 22.8. The maximum absolute atomic E-state index is 13.6. The van der Waals surface area contributed by atoms with Gasteiger partial charge in [0.25, 0.3) is 0 Å². The molecule has 2 saturated carbocycles. The van der Waals surface area contributed by atoms with Crippen LogP contribution in [0.2, 0.25) is 0 Å². The van der Waals surface area contributed by atoms with Crippen LogP contribution in [0.25, 0.3) is 0 Å². The highest BCUT2D eigenvalue weighted by atomic mass is 16.3. The van der Waals surface area contributed by atoms with Crippen LogP contribution in [0.5, 0.6) is 0 Å². The highest BCUT2D eigenvalue weighted by Gasteiger charge is 2.50. The Balaban J connectivity index is 1.28. The normalized spacial score (nSPS) is 29.9. The van der Waals surface area contributed by atoms with Crippen molar-refractivity contribution in [3.05, 3.63) is 23.8 Å². The van der Waals surface area contributed by atoms with Gasteiger partial charge in [0.2, 0.25) is 11.8 Å². The number of anilines is 2. The first-order valence-electron chi connectivity index (χ1n) is 13.6. The van der Waals surface area contributed by atoms with Crippen LogP contribution in [0.3, 0.4) is 0 Å². The number of hydrogen-bond donors (Lipinski definition) is 2. The average Bonchev–Trinajstić information content (AvgIpc) is 3.19. The van der Waals surface area contributed by atoms with E-state index in [4.69, 9.17) is 0 Å². The highest BCUT2D eigenvalue weighted by molar-refractivity contribution is 5.93. The van der Waals surface area contributed by atoms with E-state index in [1.54, 1.807) is 6.07 Å². The number of aliphatic hydroxyl groups is 1. The summed E-state index contributed by atoms with van der Waals surface area (Å²) in [6, 6.07) is 8.20. The molecular weight excluding hydrogens is 440 g/mol. The summed E-state index contributed by atoms with van der Waals surface area (Å²) in [4.78, 5) is 30.6. The molecule has 0 radical (unpaired) electrons. The Hall–Kier alpha value is -2.59. The predicted molar refractivity (Wildman–Crippen MR) is 135 cm³/mol. The molecule has 4 fully saturated rings. The Morgan fingerprint density at radius 3 is 2.54 bits per heavy atom. The Morgan fingerprint density at radius 2 is 1.80 bits per heavy atom. The van der Waals surface area contributed by atoms with Crippen LogP contribution in [0.1, 0.15) is 82.6 Å². The number of hydrogen-bond acceptors (Lipinski definition) is 5. The minimum absolute atomic E-state index is 0.0603. The summed E-state index contributed by atoms with van der Waals surface area (Å²) in [5.74, 6) is 0.392. The van der Waals surface area contributed by atoms with Crippen molar-refractivity contribution in [3.63, 3.8) is 0 Å². The van der Waals surface area contributed by atoms with E-state index in [9.17, 15) is 20.0 Å². The molecule has 2 N–H and O–H groups in total. The third kappa shape index (κ3) is 4.91. The van der Waals surface area contributed by atoms with Crippen LogP contribution in [0.4, 0.5) is 11.4 Å². The molecule has 2 aliphatic carbocycles. The van der Waals surface area contributed by atoms with Gasteiger partial charge in [0.1, 0.15) is 6.07 Å². The molecule has 4 aliphatic rings. The van der Waals surface area contributed by atoms with E-state index in [0.29, 0.717) is 17.8 Å². The number of nitriles is 1. The van der Waals surface area contributed by atoms with Crippen molar-refractivity contribution < 1.29 is 14.7 Å². The minimum atomic E-state index is -0.380. The lowest BCUT2D eigenvalue weighted by Crippen LogP contribution is -2.50. The van der Waals surface area contributed by atoms with Crippen molar-refractivity contribution in [1.29, 1.82) is 5.26 Å². The zero-order chi connectivity index (χ0) is 24.4. The second-order valence-corrected chi connectivity index (χ2v) is 11.2. The molecule has 1 spiro atoms. The molecule has 1 aromatic rings. The third-order valence-corrected chi connectivity index (χ3v) is 8.93. The van der Waals surface area contributed by atoms with Gasteiger partial charge in [0.05, 0.1) is 22.8 Å². The van der Waals surface area contributed by atoms with E-state index in [-0.39, 0.29) is 35.3 Å². The quantitative estimate of drug-likeness (QED) is 0.676. The van der Waals surface area contributed by atoms with Crippen LogP contribution in [-0.2, 0) is 9.59 Å². The number of nitrogens with zero attached hydrogens (tertiary/aromatic N) is 3. The van der Waals surface area contributed by atoms with E-state index >= 15 is 0 Å². The van der Waals surface area contributed by atoms with E-state index in [0.717, 1.165) is 89.4 Å². The highest BCUT2D eigenvalue weighted by Crippen LogP contribution is 2.44. The second-order valence-electron chi connectivity index (χ2n) is 11.2. The van der Waals surface area contributed by atoms with Crippen molar-refractivity contribution >= 4 is 23.2 Å². The zero-order valence-corrected chi connectivity index (χ0v) is 20.7. The minimum Gasteiger partial charge on any atom is -0.393 e. The van der Waals surface area contributed by atoms with Gasteiger partial charge in [0, 0.05) is 37.3 Å². The molecule has 0 unspecified atom stereocenters. The van der Waals surface area contributed by atoms with Crippen molar-refractivity contribution in [2.75, 3.05) is 29.9 Å². The van der Waals surface area contributed by atoms with Gasteiger partial charge in [-0.3, -0.25) is 9.59 Å². The summed E-state index contributed by atoms with van der Waals surface area (Å²) >= 11 is 0. The zero-order valence-electron chi connectivity index (χ0n) is 20.7. The molecule has 35 heavy (non-hydrogen) atoms. The molecule has 188 valence electrons. The average molecular weight is 479 g/mol. The molecule has 7 heteroatoms. The summed E-state index contributed by atoms with van der Waals surface area (Å²) in [7, 11) is 0.